The molecule has 1 fully saturated rings. The van der Waals surface area contributed by atoms with E-state index in [1.54, 1.807) is 30.3 Å². The molecule has 3 atom stereocenters. The topological polar surface area (TPSA) is 83.8 Å². The van der Waals surface area contributed by atoms with E-state index >= 15 is 0 Å². The standard InChI is InChI=1S/C22H27ClO5/c1-15(13-22(27)28-17-8-6-7-16(23)14-17)18-11-12-20(24)19(18)9-4-2-3-5-10-21(25)26/h2-3,6-8,13-14,18-19,22,27H,4-5,9-12H2,1H3,(H,25,26). The number of aliphatic carboxylic acids is 1. The monoisotopic (exact) mass is 406 g/mol. The SMILES string of the molecule is CC(=CC(O)Oc1cccc(Cl)c1)C1CCC(=O)C1CCC=CCCC(=O)O. The summed E-state index contributed by atoms with van der Waals surface area (Å²) in [6.45, 7) is 1.92. The number of carboxylic acids is 1. The number of aliphatic hydroxyl groups is 1. The number of allylic oxidation sites excluding steroid dienone is 3. The minimum absolute atomic E-state index is 0.0706. The molecule has 2 rings (SSSR count). The van der Waals surface area contributed by atoms with Gasteiger partial charge < -0.3 is 14.9 Å². The minimum atomic E-state index is -1.11. The van der Waals surface area contributed by atoms with E-state index in [1.807, 2.05) is 19.1 Å². The Bertz CT molecular complexity index is 740. The molecule has 3 unspecified atom stereocenters. The minimum Gasteiger partial charge on any atom is -0.481 e. The molecule has 28 heavy (non-hydrogen) atoms. The van der Waals surface area contributed by atoms with Gasteiger partial charge in [0.15, 0.2) is 0 Å². The zero-order valence-electron chi connectivity index (χ0n) is 16.0. The van der Waals surface area contributed by atoms with Crippen molar-refractivity contribution in [1.29, 1.82) is 0 Å². The van der Waals surface area contributed by atoms with Gasteiger partial charge in [-0.3, -0.25) is 9.59 Å². The molecule has 0 radical (unpaired) electrons. The van der Waals surface area contributed by atoms with Crippen molar-refractivity contribution in [2.24, 2.45) is 11.8 Å². The molecule has 0 aliphatic heterocycles. The predicted octanol–water partition coefficient (Wildman–Crippen LogP) is 4.78. The van der Waals surface area contributed by atoms with E-state index in [9.17, 15) is 14.7 Å². The number of aliphatic hydroxyl groups excluding tert-OH is 1. The summed E-state index contributed by atoms with van der Waals surface area (Å²) < 4.78 is 5.48. The maximum Gasteiger partial charge on any atom is 0.303 e. The summed E-state index contributed by atoms with van der Waals surface area (Å²) in [5.41, 5.74) is 0.945. The summed E-state index contributed by atoms with van der Waals surface area (Å²) >= 11 is 5.92. The van der Waals surface area contributed by atoms with Crippen LogP contribution >= 0.6 is 11.6 Å². The van der Waals surface area contributed by atoms with Gasteiger partial charge >= 0.3 is 5.97 Å². The second-order valence-electron chi connectivity index (χ2n) is 7.08. The number of ketones is 1. The molecule has 1 aromatic carbocycles. The molecule has 1 aromatic rings. The molecule has 5 nitrogen and oxygen atoms in total. The highest BCUT2D eigenvalue weighted by molar-refractivity contribution is 6.30. The van der Waals surface area contributed by atoms with Crippen LogP contribution in [0.2, 0.25) is 5.02 Å². The quantitative estimate of drug-likeness (QED) is 0.431. The average Bonchev–Trinajstić information content (AvgIpc) is 2.98. The van der Waals surface area contributed by atoms with Crippen LogP contribution < -0.4 is 4.74 Å². The first-order valence-corrected chi connectivity index (χ1v) is 9.92. The first kappa shape index (κ1) is 22.2. The fourth-order valence-corrected chi connectivity index (χ4v) is 3.78. The van der Waals surface area contributed by atoms with Crippen LogP contribution in [0, 0.1) is 11.8 Å². The molecular formula is C22H27ClO5. The molecule has 0 spiro atoms. The van der Waals surface area contributed by atoms with Crippen LogP contribution in [0.25, 0.3) is 0 Å². The third-order valence-corrected chi connectivity index (χ3v) is 5.22. The number of hydrogen-bond acceptors (Lipinski definition) is 4. The maximum atomic E-state index is 12.3. The molecule has 0 amide bonds. The van der Waals surface area contributed by atoms with Gasteiger partial charge in [-0.25, -0.2) is 0 Å². The Morgan fingerprint density at radius 2 is 2.11 bits per heavy atom. The Kier molecular flexibility index (Phi) is 8.74. The number of carboxylic acid groups (broad SMARTS) is 1. The van der Waals surface area contributed by atoms with Crippen molar-refractivity contribution in [3.05, 3.63) is 53.1 Å². The number of halogens is 1. The smallest absolute Gasteiger partial charge is 0.303 e. The number of carbonyl (C=O) groups is 2. The van der Waals surface area contributed by atoms with E-state index in [-0.39, 0.29) is 24.0 Å². The van der Waals surface area contributed by atoms with Gasteiger partial charge in [0.05, 0.1) is 0 Å². The second-order valence-corrected chi connectivity index (χ2v) is 7.51. The summed E-state index contributed by atoms with van der Waals surface area (Å²) in [5, 5.41) is 19.4. The zero-order valence-corrected chi connectivity index (χ0v) is 16.8. The van der Waals surface area contributed by atoms with Crippen LogP contribution in [0.15, 0.2) is 48.1 Å². The van der Waals surface area contributed by atoms with Gasteiger partial charge in [-0.2, -0.15) is 0 Å². The highest BCUT2D eigenvalue weighted by atomic mass is 35.5. The van der Waals surface area contributed by atoms with Gasteiger partial charge in [-0.1, -0.05) is 35.4 Å². The summed E-state index contributed by atoms with van der Waals surface area (Å²) in [7, 11) is 0. The van der Waals surface area contributed by atoms with E-state index < -0.39 is 12.3 Å². The lowest BCUT2D eigenvalue weighted by atomic mass is 9.85. The first-order valence-electron chi connectivity index (χ1n) is 9.55. The second kappa shape index (κ2) is 11.0. The van der Waals surface area contributed by atoms with E-state index in [2.05, 4.69) is 0 Å². The fourth-order valence-electron chi connectivity index (χ4n) is 3.60. The number of carbonyl (C=O) groups excluding carboxylic acids is 1. The van der Waals surface area contributed by atoms with Crippen LogP contribution in [-0.4, -0.2) is 28.3 Å². The Morgan fingerprint density at radius 1 is 1.36 bits per heavy atom. The number of Topliss-reactive ketones (excluding diaryl/α,β-unsaturated/α-hetero) is 1. The molecule has 6 heteroatoms. The summed E-state index contributed by atoms with van der Waals surface area (Å²) in [6.07, 6.45) is 7.76. The molecule has 1 saturated carbocycles. The van der Waals surface area contributed by atoms with Crippen LogP contribution in [-0.2, 0) is 9.59 Å². The lowest BCUT2D eigenvalue weighted by molar-refractivity contribution is -0.136. The molecule has 1 aliphatic carbocycles. The molecule has 0 heterocycles. The van der Waals surface area contributed by atoms with Crippen LogP contribution in [0.4, 0.5) is 0 Å². The van der Waals surface area contributed by atoms with Crippen molar-refractivity contribution < 1.29 is 24.5 Å². The van der Waals surface area contributed by atoms with Crippen molar-refractivity contribution in [2.75, 3.05) is 0 Å². The molecule has 1 aliphatic rings. The molecule has 2 N–H and O–H groups in total. The van der Waals surface area contributed by atoms with Crippen molar-refractivity contribution in [3.8, 4) is 5.75 Å². The number of ether oxygens (including phenoxy) is 1. The first-order chi connectivity index (χ1) is 13.4. The van der Waals surface area contributed by atoms with Crippen molar-refractivity contribution >= 4 is 23.4 Å². The fraction of sp³-hybridized carbons (Fsp3) is 0.455. The third kappa shape index (κ3) is 7.13. The molecule has 152 valence electrons. The Balaban J connectivity index is 1.90. The highest BCUT2D eigenvalue weighted by Gasteiger charge is 2.34. The van der Waals surface area contributed by atoms with Crippen LogP contribution in [0.5, 0.6) is 5.75 Å². The third-order valence-electron chi connectivity index (χ3n) is 4.98. The zero-order chi connectivity index (χ0) is 20.5. The van der Waals surface area contributed by atoms with Gasteiger partial charge in [0.1, 0.15) is 11.5 Å². The summed E-state index contributed by atoms with van der Waals surface area (Å²) in [4.78, 5) is 22.8. The Labute approximate surface area is 170 Å². The Morgan fingerprint density at radius 3 is 2.82 bits per heavy atom. The average molecular weight is 407 g/mol. The lowest BCUT2D eigenvalue weighted by Crippen LogP contribution is -2.18. The van der Waals surface area contributed by atoms with Crippen molar-refractivity contribution in [2.45, 2.75) is 51.7 Å². The van der Waals surface area contributed by atoms with Gasteiger partial charge in [0.2, 0.25) is 6.29 Å². The Hall–Kier alpha value is -2.11. The van der Waals surface area contributed by atoms with Crippen molar-refractivity contribution in [3.63, 3.8) is 0 Å². The van der Waals surface area contributed by atoms with Crippen molar-refractivity contribution in [1.82, 2.24) is 0 Å². The van der Waals surface area contributed by atoms with Gasteiger partial charge in [-0.05, 0) is 62.8 Å². The number of benzene rings is 1. The summed E-state index contributed by atoms with van der Waals surface area (Å²) in [6, 6.07) is 6.83. The molecule has 0 saturated heterocycles. The number of rotatable bonds is 10. The van der Waals surface area contributed by atoms with Crippen LogP contribution in [0.3, 0.4) is 0 Å². The molecule has 0 aromatic heterocycles. The van der Waals surface area contributed by atoms with E-state index in [1.165, 1.54) is 0 Å². The van der Waals surface area contributed by atoms with Crippen LogP contribution in [0.1, 0.15) is 45.4 Å². The van der Waals surface area contributed by atoms with Gasteiger partial charge in [0.25, 0.3) is 0 Å². The lowest BCUT2D eigenvalue weighted by Gasteiger charge is -2.20. The predicted molar refractivity (Wildman–Crippen MR) is 108 cm³/mol. The van der Waals surface area contributed by atoms with Gasteiger partial charge in [-0.15, -0.1) is 0 Å². The highest BCUT2D eigenvalue weighted by Crippen LogP contribution is 2.37. The van der Waals surface area contributed by atoms with E-state index in [4.69, 9.17) is 21.4 Å². The van der Waals surface area contributed by atoms with E-state index in [0.717, 1.165) is 24.8 Å². The maximum absolute atomic E-state index is 12.3. The normalized spacial score (nSPS) is 21.2. The molecular weight excluding hydrogens is 380 g/mol. The molecule has 0 bridgehead atoms. The summed E-state index contributed by atoms with van der Waals surface area (Å²) in [5.74, 6) is -0.0530. The van der Waals surface area contributed by atoms with Gasteiger partial charge in [0, 0.05) is 23.8 Å². The number of hydrogen-bond donors (Lipinski definition) is 2. The largest absolute Gasteiger partial charge is 0.481 e. The van der Waals surface area contributed by atoms with E-state index in [0.29, 0.717) is 23.6 Å².